The summed E-state index contributed by atoms with van der Waals surface area (Å²) >= 11 is 0. The van der Waals surface area contributed by atoms with Crippen LogP contribution in [0, 0.1) is 0 Å². The standard InChI is InChI=1S/C27H31N5O8/c28-18(14-33)24(36)30-21(12-23(34)35)26(38)31-20(10-15-6-2-1-3-7-15)25(37)32-22(27(39)40)11-16-13-29-19-9-5-4-8-17(16)19/h1-9,13,18,20-22,29,33H,10-12,14,28H2,(H,30,36)(H,31,38)(H,32,37)(H,34,35)(H,39,40). The second-order valence-electron chi connectivity index (χ2n) is 9.16. The van der Waals surface area contributed by atoms with Gasteiger partial charge in [0.2, 0.25) is 17.7 Å². The van der Waals surface area contributed by atoms with Crippen LogP contribution in [-0.2, 0) is 36.8 Å². The summed E-state index contributed by atoms with van der Waals surface area (Å²) in [6, 6.07) is 10.2. The highest BCUT2D eigenvalue weighted by atomic mass is 16.4. The highest BCUT2D eigenvalue weighted by Crippen LogP contribution is 2.19. The number of carboxylic acids is 2. The van der Waals surface area contributed by atoms with Crippen molar-refractivity contribution in [3.8, 4) is 0 Å². The number of aliphatic hydroxyl groups is 1. The van der Waals surface area contributed by atoms with Crippen LogP contribution in [0.1, 0.15) is 17.5 Å². The van der Waals surface area contributed by atoms with Gasteiger partial charge in [-0.25, -0.2) is 4.79 Å². The Kier molecular flexibility index (Phi) is 10.3. The Morgan fingerprint density at radius 1 is 0.775 bits per heavy atom. The van der Waals surface area contributed by atoms with E-state index in [4.69, 9.17) is 10.8 Å². The molecule has 0 bridgehead atoms. The Balaban J connectivity index is 1.82. The number of carbonyl (C=O) groups excluding carboxylic acids is 3. The number of aliphatic hydroxyl groups excluding tert-OH is 1. The molecule has 3 amide bonds. The van der Waals surface area contributed by atoms with E-state index in [0.29, 0.717) is 11.1 Å². The van der Waals surface area contributed by atoms with Gasteiger partial charge in [-0.2, -0.15) is 0 Å². The van der Waals surface area contributed by atoms with Crippen molar-refractivity contribution in [1.29, 1.82) is 0 Å². The topological polar surface area (TPSA) is 224 Å². The molecule has 13 heteroatoms. The lowest BCUT2D eigenvalue weighted by molar-refractivity contribution is -0.143. The highest BCUT2D eigenvalue weighted by Gasteiger charge is 2.32. The number of nitrogens with one attached hydrogen (secondary N) is 4. The molecule has 1 heterocycles. The van der Waals surface area contributed by atoms with Crippen molar-refractivity contribution in [3.05, 3.63) is 71.9 Å². The number of aromatic nitrogens is 1. The zero-order chi connectivity index (χ0) is 29.2. The van der Waals surface area contributed by atoms with Crippen LogP contribution in [0.15, 0.2) is 60.8 Å². The number of carbonyl (C=O) groups is 5. The van der Waals surface area contributed by atoms with Gasteiger partial charge in [0.1, 0.15) is 24.2 Å². The lowest BCUT2D eigenvalue weighted by Gasteiger charge is -2.24. The summed E-state index contributed by atoms with van der Waals surface area (Å²) in [6.07, 6.45) is 0.732. The summed E-state index contributed by atoms with van der Waals surface area (Å²) < 4.78 is 0. The van der Waals surface area contributed by atoms with Gasteiger partial charge in [0.25, 0.3) is 0 Å². The Bertz CT molecular complexity index is 1360. The molecule has 2 aromatic carbocycles. The number of rotatable bonds is 14. The second kappa shape index (κ2) is 13.9. The van der Waals surface area contributed by atoms with Gasteiger partial charge in [-0.3, -0.25) is 19.2 Å². The molecule has 3 rings (SSSR count). The van der Waals surface area contributed by atoms with Crippen molar-refractivity contribution in [2.45, 2.75) is 43.4 Å². The van der Waals surface area contributed by atoms with Gasteiger partial charge >= 0.3 is 11.9 Å². The number of benzene rings is 2. The third-order valence-electron chi connectivity index (χ3n) is 6.17. The minimum absolute atomic E-state index is 0.0478. The summed E-state index contributed by atoms with van der Waals surface area (Å²) in [5, 5.41) is 36.1. The molecule has 0 saturated heterocycles. The molecule has 4 unspecified atom stereocenters. The number of aromatic amines is 1. The fraction of sp³-hybridized carbons (Fsp3) is 0.296. The molecule has 9 N–H and O–H groups in total. The van der Waals surface area contributed by atoms with E-state index in [2.05, 4.69) is 20.9 Å². The van der Waals surface area contributed by atoms with E-state index in [-0.39, 0.29) is 12.8 Å². The van der Waals surface area contributed by atoms with E-state index < -0.39 is 66.9 Å². The molecule has 3 aromatic rings. The number of fused-ring (bicyclic) bond motifs is 1. The summed E-state index contributed by atoms with van der Waals surface area (Å²) in [6.45, 7) is -0.737. The van der Waals surface area contributed by atoms with Crippen LogP contribution < -0.4 is 21.7 Å². The average molecular weight is 554 g/mol. The highest BCUT2D eigenvalue weighted by molar-refractivity contribution is 5.96. The maximum absolute atomic E-state index is 13.4. The molecular weight excluding hydrogens is 522 g/mol. The molecular formula is C27H31N5O8. The molecule has 212 valence electrons. The van der Waals surface area contributed by atoms with Crippen LogP contribution in [-0.4, -0.2) is 80.7 Å². The molecule has 4 atom stereocenters. The van der Waals surface area contributed by atoms with E-state index in [1.165, 1.54) is 0 Å². The minimum atomic E-state index is -1.62. The Hall–Kier alpha value is -4.75. The third kappa shape index (κ3) is 8.12. The number of hydrogen-bond acceptors (Lipinski definition) is 7. The average Bonchev–Trinajstić information content (AvgIpc) is 3.34. The summed E-state index contributed by atoms with van der Waals surface area (Å²) in [5.41, 5.74) is 7.55. The summed E-state index contributed by atoms with van der Waals surface area (Å²) in [4.78, 5) is 65.0. The smallest absolute Gasteiger partial charge is 0.326 e. The molecule has 0 spiro atoms. The molecule has 40 heavy (non-hydrogen) atoms. The van der Waals surface area contributed by atoms with Gasteiger partial charge in [0.05, 0.1) is 13.0 Å². The van der Waals surface area contributed by atoms with Crippen LogP contribution in [0.4, 0.5) is 0 Å². The maximum Gasteiger partial charge on any atom is 0.326 e. The molecule has 0 aliphatic carbocycles. The normalized spacial score (nSPS) is 13.9. The molecule has 1 aromatic heterocycles. The Morgan fingerprint density at radius 3 is 2.02 bits per heavy atom. The van der Waals surface area contributed by atoms with Crippen molar-refractivity contribution in [2.24, 2.45) is 5.73 Å². The van der Waals surface area contributed by atoms with Crippen LogP contribution in [0.25, 0.3) is 10.9 Å². The molecule has 0 aliphatic heterocycles. The van der Waals surface area contributed by atoms with Gasteiger partial charge < -0.3 is 42.0 Å². The minimum Gasteiger partial charge on any atom is -0.481 e. The van der Waals surface area contributed by atoms with Crippen molar-refractivity contribution in [1.82, 2.24) is 20.9 Å². The van der Waals surface area contributed by atoms with E-state index in [9.17, 15) is 34.2 Å². The van der Waals surface area contributed by atoms with Crippen molar-refractivity contribution in [3.63, 3.8) is 0 Å². The first-order chi connectivity index (χ1) is 19.1. The lowest BCUT2D eigenvalue weighted by Crippen LogP contribution is -2.58. The number of aliphatic carboxylic acids is 2. The monoisotopic (exact) mass is 553 g/mol. The Morgan fingerprint density at radius 2 is 1.38 bits per heavy atom. The summed E-state index contributed by atoms with van der Waals surface area (Å²) in [5.74, 6) is -5.49. The van der Waals surface area contributed by atoms with Gasteiger partial charge in [-0.1, -0.05) is 48.5 Å². The number of hydrogen-bond donors (Lipinski definition) is 8. The SMILES string of the molecule is NC(CO)C(=O)NC(CC(=O)O)C(=O)NC(Cc1ccccc1)C(=O)NC(Cc1c[nH]c2ccccc12)C(=O)O. The zero-order valence-electron chi connectivity index (χ0n) is 21.4. The second-order valence-corrected chi connectivity index (χ2v) is 9.16. The first-order valence-electron chi connectivity index (χ1n) is 12.4. The van der Waals surface area contributed by atoms with Crippen molar-refractivity contribution in [2.75, 3.05) is 6.61 Å². The van der Waals surface area contributed by atoms with E-state index in [1.807, 2.05) is 18.2 Å². The van der Waals surface area contributed by atoms with Gasteiger partial charge in [0, 0.05) is 29.9 Å². The van der Waals surface area contributed by atoms with Crippen molar-refractivity contribution >= 4 is 40.6 Å². The predicted molar refractivity (Wildman–Crippen MR) is 143 cm³/mol. The van der Waals surface area contributed by atoms with E-state index in [0.717, 1.165) is 10.9 Å². The van der Waals surface area contributed by atoms with Gasteiger partial charge in [0.15, 0.2) is 0 Å². The van der Waals surface area contributed by atoms with Crippen molar-refractivity contribution < 1.29 is 39.3 Å². The number of para-hydroxylation sites is 1. The van der Waals surface area contributed by atoms with Crippen LogP contribution in [0.5, 0.6) is 0 Å². The number of amides is 3. The number of H-pyrrole nitrogens is 1. The quantitative estimate of drug-likeness (QED) is 0.126. The first-order valence-corrected chi connectivity index (χ1v) is 12.4. The Labute approximate surface area is 228 Å². The van der Waals surface area contributed by atoms with Crippen LogP contribution in [0.3, 0.4) is 0 Å². The molecule has 0 aliphatic rings. The maximum atomic E-state index is 13.4. The molecule has 0 saturated carbocycles. The zero-order valence-corrected chi connectivity index (χ0v) is 21.4. The van der Waals surface area contributed by atoms with Gasteiger partial charge in [-0.05, 0) is 17.2 Å². The molecule has 0 fully saturated rings. The largest absolute Gasteiger partial charge is 0.481 e. The fourth-order valence-electron chi connectivity index (χ4n) is 4.07. The summed E-state index contributed by atoms with van der Waals surface area (Å²) in [7, 11) is 0. The number of carboxylic acid groups (broad SMARTS) is 2. The van der Waals surface area contributed by atoms with Gasteiger partial charge in [-0.15, -0.1) is 0 Å². The molecule has 0 radical (unpaired) electrons. The van der Waals surface area contributed by atoms with Crippen LogP contribution in [0.2, 0.25) is 0 Å². The molecule has 13 nitrogen and oxygen atoms in total. The van der Waals surface area contributed by atoms with E-state index in [1.54, 1.807) is 42.6 Å². The first kappa shape index (κ1) is 29.8. The predicted octanol–water partition coefficient (Wildman–Crippen LogP) is -0.714. The van der Waals surface area contributed by atoms with E-state index >= 15 is 0 Å². The third-order valence-corrected chi connectivity index (χ3v) is 6.17. The fourth-order valence-corrected chi connectivity index (χ4v) is 4.07. The lowest BCUT2D eigenvalue weighted by atomic mass is 10.0. The number of nitrogens with two attached hydrogens (primary N) is 1. The van der Waals surface area contributed by atoms with Crippen LogP contribution >= 0.6 is 0 Å².